The summed E-state index contributed by atoms with van der Waals surface area (Å²) in [4.78, 5) is 3.37. The third-order valence-electron chi connectivity index (χ3n) is 2.32. The fourth-order valence-corrected chi connectivity index (χ4v) is 2.78. The SMILES string of the molecule is O=S(=O)(NCCc1ncn[nH]1)c1cccc(Cl)c1F. The van der Waals surface area contributed by atoms with Crippen LogP contribution in [0, 0.1) is 5.82 Å². The monoisotopic (exact) mass is 304 g/mol. The maximum Gasteiger partial charge on any atom is 0.243 e. The molecule has 6 nitrogen and oxygen atoms in total. The van der Waals surface area contributed by atoms with E-state index in [4.69, 9.17) is 11.6 Å². The second-order valence-electron chi connectivity index (χ2n) is 3.63. The van der Waals surface area contributed by atoms with E-state index in [9.17, 15) is 12.8 Å². The van der Waals surface area contributed by atoms with Crippen LogP contribution in [-0.4, -0.2) is 30.1 Å². The van der Waals surface area contributed by atoms with Gasteiger partial charge in [0.05, 0.1) is 5.02 Å². The van der Waals surface area contributed by atoms with Gasteiger partial charge in [-0.25, -0.2) is 22.5 Å². The van der Waals surface area contributed by atoms with Crippen LogP contribution in [0.25, 0.3) is 0 Å². The molecule has 0 atom stereocenters. The van der Waals surface area contributed by atoms with Crippen LogP contribution in [0.4, 0.5) is 4.39 Å². The zero-order valence-electron chi connectivity index (χ0n) is 9.60. The first-order valence-corrected chi connectivity index (χ1v) is 7.15. The molecule has 0 spiro atoms. The first-order chi connectivity index (χ1) is 9.00. The second kappa shape index (κ2) is 5.64. The van der Waals surface area contributed by atoms with Crippen molar-refractivity contribution < 1.29 is 12.8 Å². The molecule has 19 heavy (non-hydrogen) atoms. The largest absolute Gasteiger partial charge is 0.263 e. The summed E-state index contributed by atoms with van der Waals surface area (Å²) in [7, 11) is -3.94. The van der Waals surface area contributed by atoms with Crippen LogP contribution in [0.3, 0.4) is 0 Å². The van der Waals surface area contributed by atoms with Crippen LogP contribution in [0.15, 0.2) is 29.4 Å². The lowest BCUT2D eigenvalue weighted by Crippen LogP contribution is -2.27. The Morgan fingerprint density at radius 1 is 1.42 bits per heavy atom. The van der Waals surface area contributed by atoms with E-state index in [-0.39, 0.29) is 11.6 Å². The highest BCUT2D eigenvalue weighted by atomic mass is 35.5. The van der Waals surface area contributed by atoms with Gasteiger partial charge in [-0.15, -0.1) is 0 Å². The summed E-state index contributed by atoms with van der Waals surface area (Å²) in [6, 6.07) is 3.80. The van der Waals surface area contributed by atoms with Crippen molar-refractivity contribution in [3.63, 3.8) is 0 Å². The summed E-state index contributed by atoms with van der Waals surface area (Å²) in [6.07, 6.45) is 1.64. The van der Waals surface area contributed by atoms with Crippen LogP contribution in [0.2, 0.25) is 5.02 Å². The Morgan fingerprint density at radius 3 is 2.89 bits per heavy atom. The van der Waals surface area contributed by atoms with Crippen molar-refractivity contribution in [2.45, 2.75) is 11.3 Å². The molecule has 0 aliphatic heterocycles. The van der Waals surface area contributed by atoms with E-state index >= 15 is 0 Å². The number of halogens is 2. The summed E-state index contributed by atoms with van der Waals surface area (Å²) in [5.74, 6) is -0.425. The molecule has 0 bridgehead atoms. The van der Waals surface area contributed by atoms with Crippen LogP contribution in [-0.2, 0) is 16.4 Å². The lowest BCUT2D eigenvalue weighted by molar-refractivity contribution is 0.557. The van der Waals surface area contributed by atoms with Crippen molar-refractivity contribution in [2.24, 2.45) is 0 Å². The second-order valence-corrected chi connectivity index (χ2v) is 5.77. The zero-order valence-corrected chi connectivity index (χ0v) is 11.2. The summed E-state index contributed by atoms with van der Waals surface area (Å²) < 4.78 is 39.6. The Kier molecular flexibility index (Phi) is 4.13. The van der Waals surface area contributed by atoms with E-state index in [0.717, 1.165) is 6.07 Å². The zero-order chi connectivity index (χ0) is 13.9. The van der Waals surface area contributed by atoms with Gasteiger partial charge in [0.1, 0.15) is 17.0 Å². The number of hydrogen-bond donors (Lipinski definition) is 2. The van der Waals surface area contributed by atoms with Gasteiger partial charge in [-0.2, -0.15) is 5.10 Å². The molecule has 2 aromatic rings. The van der Waals surface area contributed by atoms with Crippen LogP contribution in [0.1, 0.15) is 5.82 Å². The highest BCUT2D eigenvalue weighted by Crippen LogP contribution is 2.21. The number of benzene rings is 1. The molecule has 1 aromatic carbocycles. The van der Waals surface area contributed by atoms with Crippen LogP contribution >= 0.6 is 11.6 Å². The summed E-state index contributed by atoms with van der Waals surface area (Å²) in [5.41, 5.74) is 0. The van der Waals surface area contributed by atoms with Crippen molar-refractivity contribution in [1.29, 1.82) is 0 Å². The fraction of sp³-hybridized carbons (Fsp3) is 0.200. The fourth-order valence-electron chi connectivity index (χ4n) is 1.42. The van der Waals surface area contributed by atoms with Gasteiger partial charge in [-0.1, -0.05) is 17.7 Å². The molecule has 0 amide bonds. The highest BCUT2D eigenvalue weighted by Gasteiger charge is 2.20. The molecule has 0 unspecified atom stereocenters. The molecule has 0 fully saturated rings. The predicted molar refractivity (Wildman–Crippen MR) is 66.7 cm³/mol. The maximum absolute atomic E-state index is 13.6. The summed E-state index contributed by atoms with van der Waals surface area (Å²) in [6.45, 7) is 0.0729. The molecule has 2 rings (SSSR count). The number of nitrogens with zero attached hydrogens (tertiary/aromatic N) is 2. The van der Waals surface area contributed by atoms with Crippen molar-refractivity contribution in [2.75, 3.05) is 6.54 Å². The predicted octanol–water partition coefficient (Wildman–Crippen LogP) is 1.12. The normalized spacial score (nSPS) is 11.7. The Labute approximate surface area is 114 Å². The minimum atomic E-state index is -3.94. The third-order valence-corrected chi connectivity index (χ3v) is 4.09. The van der Waals surface area contributed by atoms with Crippen molar-refractivity contribution in [1.82, 2.24) is 19.9 Å². The number of aromatic amines is 1. The van der Waals surface area contributed by atoms with E-state index in [2.05, 4.69) is 19.9 Å². The maximum atomic E-state index is 13.6. The molecule has 0 saturated carbocycles. The van der Waals surface area contributed by atoms with E-state index < -0.39 is 20.7 Å². The molecule has 2 N–H and O–H groups in total. The van der Waals surface area contributed by atoms with Gasteiger partial charge in [0.15, 0.2) is 5.82 Å². The van der Waals surface area contributed by atoms with Crippen LogP contribution in [0.5, 0.6) is 0 Å². The van der Waals surface area contributed by atoms with E-state index in [1.807, 2.05) is 0 Å². The highest BCUT2D eigenvalue weighted by molar-refractivity contribution is 7.89. The standard InChI is InChI=1S/C10H10ClFN4O2S/c11-7-2-1-3-8(10(7)12)19(17,18)15-5-4-9-13-6-14-16-9/h1-3,6,15H,4-5H2,(H,13,14,16). The number of aromatic nitrogens is 3. The van der Waals surface area contributed by atoms with E-state index in [1.54, 1.807) is 0 Å². The first kappa shape index (κ1) is 13.9. The van der Waals surface area contributed by atoms with E-state index in [1.165, 1.54) is 18.5 Å². The molecular formula is C10H10ClFN4O2S. The van der Waals surface area contributed by atoms with Crippen molar-refractivity contribution in [3.8, 4) is 0 Å². The van der Waals surface area contributed by atoms with Crippen molar-refractivity contribution >= 4 is 21.6 Å². The molecule has 9 heteroatoms. The van der Waals surface area contributed by atoms with Gasteiger partial charge >= 0.3 is 0 Å². The van der Waals surface area contributed by atoms with E-state index in [0.29, 0.717) is 12.2 Å². The number of nitrogens with one attached hydrogen (secondary N) is 2. The van der Waals surface area contributed by atoms with Gasteiger partial charge in [0.2, 0.25) is 10.0 Å². The molecular weight excluding hydrogens is 295 g/mol. The van der Waals surface area contributed by atoms with Gasteiger partial charge in [0.25, 0.3) is 0 Å². The number of hydrogen-bond acceptors (Lipinski definition) is 4. The average molecular weight is 305 g/mol. The number of rotatable bonds is 5. The molecule has 0 saturated heterocycles. The van der Waals surface area contributed by atoms with Gasteiger partial charge in [-0.05, 0) is 12.1 Å². The van der Waals surface area contributed by atoms with Crippen LogP contribution < -0.4 is 4.72 Å². The van der Waals surface area contributed by atoms with Gasteiger partial charge in [0, 0.05) is 13.0 Å². The van der Waals surface area contributed by atoms with Gasteiger partial charge in [-0.3, -0.25) is 5.10 Å². The third kappa shape index (κ3) is 3.28. The smallest absolute Gasteiger partial charge is 0.243 e. The number of H-pyrrole nitrogens is 1. The Balaban J connectivity index is 2.08. The summed E-state index contributed by atoms with van der Waals surface area (Å²) in [5, 5.41) is 5.99. The van der Waals surface area contributed by atoms with Gasteiger partial charge < -0.3 is 0 Å². The lowest BCUT2D eigenvalue weighted by Gasteiger charge is -2.07. The molecule has 0 radical (unpaired) electrons. The number of sulfonamides is 1. The lowest BCUT2D eigenvalue weighted by atomic mass is 10.3. The molecule has 0 aliphatic carbocycles. The topological polar surface area (TPSA) is 87.7 Å². The average Bonchev–Trinajstić information content (AvgIpc) is 2.85. The minimum Gasteiger partial charge on any atom is -0.263 e. The van der Waals surface area contributed by atoms with Crippen molar-refractivity contribution in [3.05, 3.63) is 41.2 Å². The Hall–Kier alpha value is -1.51. The Morgan fingerprint density at radius 2 is 2.21 bits per heavy atom. The molecule has 102 valence electrons. The Bertz CT molecular complexity index is 660. The summed E-state index contributed by atoms with van der Waals surface area (Å²) >= 11 is 5.54. The quantitative estimate of drug-likeness (QED) is 0.866. The first-order valence-electron chi connectivity index (χ1n) is 5.28. The minimum absolute atomic E-state index is 0.0729. The molecule has 0 aliphatic rings. The molecule has 1 heterocycles. The molecule has 1 aromatic heterocycles.